The number of aliphatic hydroxyl groups is 1. The molecule has 2 unspecified atom stereocenters. The Morgan fingerprint density at radius 2 is 1.68 bits per heavy atom. The number of ether oxygens (including phenoxy) is 2. The Morgan fingerprint density at radius 3 is 2.47 bits per heavy atom. The van der Waals surface area contributed by atoms with E-state index in [4.69, 9.17) is 9.47 Å². The highest BCUT2D eigenvalue weighted by molar-refractivity contribution is 5.20. The summed E-state index contributed by atoms with van der Waals surface area (Å²) >= 11 is 0. The van der Waals surface area contributed by atoms with E-state index >= 15 is 0 Å². The van der Waals surface area contributed by atoms with Crippen LogP contribution in [0.15, 0.2) is 30.3 Å². The van der Waals surface area contributed by atoms with Gasteiger partial charge < -0.3 is 14.6 Å². The predicted molar refractivity (Wildman–Crippen MR) is 75.4 cm³/mol. The molecule has 1 aliphatic rings. The molecule has 1 N–H and O–H groups in total. The summed E-state index contributed by atoms with van der Waals surface area (Å²) in [5, 5.41) is 10.0. The van der Waals surface area contributed by atoms with Crippen LogP contribution in [-0.4, -0.2) is 30.5 Å². The smallest absolute Gasteiger partial charge is 0.119 e. The molecule has 0 saturated heterocycles. The fraction of sp³-hybridized carbons (Fsp3) is 0.625. The van der Waals surface area contributed by atoms with Gasteiger partial charge in [-0.15, -0.1) is 0 Å². The topological polar surface area (TPSA) is 38.7 Å². The van der Waals surface area contributed by atoms with Crippen LogP contribution in [0.3, 0.4) is 0 Å². The summed E-state index contributed by atoms with van der Waals surface area (Å²) in [7, 11) is 0. The van der Waals surface area contributed by atoms with E-state index in [-0.39, 0.29) is 12.2 Å². The third-order valence-electron chi connectivity index (χ3n) is 3.59. The second-order valence-electron chi connectivity index (χ2n) is 5.13. The summed E-state index contributed by atoms with van der Waals surface area (Å²) in [6, 6.07) is 9.74. The van der Waals surface area contributed by atoms with Crippen LogP contribution in [0.25, 0.3) is 0 Å². The molecule has 1 aromatic rings. The van der Waals surface area contributed by atoms with Gasteiger partial charge in [0.25, 0.3) is 0 Å². The van der Waals surface area contributed by atoms with E-state index < -0.39 is 0 Å². The molecule has 1 aromatic carbocycles. The molecular weight excluding hydrogens is 240 g/mol. The Hall–Kier alpha value is -1.06. The zero-order valence-electron chi connectivity index (χ0n) is 11.5. The maximum Gasteiger partial charge on any atom is 0.119 e. The molecule has 2 atom stereocenters. The number of rotatable bonds is 5. The van der Waals surface area contributed by atoms with Gasteiger partial charge in [-0.3, -0.25) is 0 Å². The van der Waals surface area contributed by atoms with Crippen LogP contribution in [0.2, 0.25) is 0 Å². The van der Waals surface area contributed by atoms with Crippen molar-refractivity contribution in [1.29, 1.82) is 0 Å². The third-order valence-corrected chi connectivity index (χ3v) is 3.59. The van der Waals surface area contributed by atoms with Gasteiger partial charge in [0, 0.05) is 0 Å². The second kappa shape index (κ2) is 8.18. The van der Waals surface area contributed by atoms with Gasteiger partial charge in [0.2, 0.25) is 0 Å². The van der Waals surface area contributed by atoms with Gasteiger partial charge in [-0.25, -0.2) is 0 Å². The van der Waals surface area contributed by atoms with Crippen molar-refractivity contribution < 1.29 is 14.6 Å². The average molecular weight is 264 g/mol. The number of hydrogen-bond acceptors (Lipinski definition) is 3. The lowest BCUT2D eigenvalue weighted by atomic mass is 9.96. The van der Waals surface area contributed by atoms with E-state index in [0.29, 0.717) is 13.2 Å². The molecule has 2 rings (SSSR count). The van der Waals surface area contributed by atoms with E-state index in [9.17, 15) is 5.11 Å². The van der Waals surface area contributed by atoms with E-state index in [1.54, 1.807) is 0 Å². The quantitative estimate of drug-likeness (QED) is 0.830. The number of benzene rings is 1. The van der Waals surface area contributed by atoms with Gasteiger partial charge >= 0.3 is 0 Å². The fourth-order valence-electron chi connectivity index (χ4n) is 2.50. The molecule has 0 radical (unpaired) electrons. The molecule has 1 fully saturated rings. The molecule has 106 valence electrons. The normalized spacial score (nSPS) is 24.5. The number of aliphatic hydroxyl groups excluding tert-OH is 1. The molecule has 19 heavy (non-hydrogen) atoms. The zero-order valence-corrected chi connectivity index (χ0v) is 11.5. The van der Waals surface area contributed by atoms with Gasteiger partial charge in [0.1, 0.15) is 12.4 Å². The molecule has 0 aliphatic heterocycles. The number of para-hydroxylation sites is 1. The van der Waals surface area contributed by atoms with Crippen molar-refractivity contribution in [3.63, 3.8) is 0 Å². The lowest BCUT2D eigenvalue weighted by Gasteiger charge is -2.25. The Balaban J connectivity index is 1.66. The van der Waals surface area contributed by atoms with Crippen molar-refractivity contribution in [3.05, 3.63) is 30.3 Å². The van der Waals surface area contributed by atoms with Crippen molar-refractivity contribution in [2.24, 2.45) is 0 Å². The monoisotopic (exact) mass is 264 g/mol. The summed E-state index contributed by atoms with van der Waals surface area (Å²) in [6.45, 7) is 1.07. The first kappa shape index (κ1) is 14.4. The fourth-order valence-corrected chi connectivity index (χ4v) is 2.50. The van der Waals surface area contributed by atoms with Gasteiger partial charge in [0.15, 0.2) is 0 Å². The molecular formula is C16H24O3. The average Bonchev–Trinajstić information content (AvgIpc) is 2.43. The van der Waals surface area contributed by atoms with Crippen LogP contribution in [0.5, 0.6) is 5.75 Å². The van der Waals surface area contributed by atoms with Crippen molar-refractivity contribution in [2.75, 3.05) is 13.2 Å². The summed E-state index contributed by atoms with van der Waals surface area (Å²) < 4.78 is 11.4. The molecule has 0 amide bonds. The summed E-state index contributed by atoms with van der Waals surface area (Å²) in [6.07, 6.45) is 6.27. The standard InChI is InChI=1S/C16H24O3/c17-15-10-6-1-2-7-11-16(15)19-13-12-18-14-8-4-3-5-9-14/h3-5,8-9,15-17H,1-2,6-7,10-13H2. The van der Waals surface area contributed by atoms with Gasteiger partial charge in [-0.1, -0.05) is 43.9 Å². The minimum Gasteiger partial charge on any atom is -0.491 e. The van der Waals surface area contributed by atoms with E-state index in [1.807, 2.05) is 30.3 Å². The van der Waals surface area contributed by atoms with Crippen LogP contribution in [0.1, 0.15) is 38.5 Å². The van der Waals surface area contributed by atoms with E-state index in [2.05, 4.69) is 0 Å². The first-order valence-electron chi connectivity index (χ1n) is 7.34. The van der Waals surface area contributed by atoms with Gasteiger partial charge in [-0.05, 0) is 25.0 Å². The molecule has 1 aliphatic carbocycles. The summed E-state index contributed by atoms with van der Waals surface area (Å²) in [5.41, 5.74) is 0. The first-order valence-corrected chi connectivity index (χ1v) is 7.34. The third kappa shape index (κ3) is 5.21. The molecule has 3 nitrogen and oxygen atoms in total. The molecule has 1 saturated carbocycles. The molecule has 0 heterocycles. The van der Waals surface area contributed by atoms with Crippen molar-refractivity contribution in [2.45, 2.75) is 50.7 Å². The molecule has 0 bridgehead atoms. The Labute approximate surface area is 115 Å². The van der Waals surface area contributed by atoms with Crippen LogP contribution < -0.4 is 4.74 Å². The number of hydrogen-bond donors (Lipinski definition) is 1. The van der Waals surface area contributed by atoms with Crippen LogP contribution >= 0.6 is 0 Å². The Kier molecular flexibility index (Phi) is 6.18. The summed E-state index contributed by atoms with van der Waals surface area (Å²) in [5.74, 6) is 0.865. The van der Waals surface area contributed by atoms with Crippen LogP contribution in [-0.2, 0) is 4.74 Å². The lowest BCUT2D eigenvalue weighted by molar-refractivity contribution is -0.0561. The highest BCUT2D eigenvalue weighted by atomic mass is 16.5. The van der Waals surface area contributed by atoms with Crippen molar-refractivity contribution in [1.82, 2.24) is 0 Å². The molecule has 0 aromatic heterocycles. The minimum absolute atomic E-state index is 0.0142. The first-order chi connectivity index (χ1) is 9.36. The minimum atomic E-state index is -0.308. The second-order valence-corrected chi connectivity index (χ2v) is 5.13. The van der Waals surface area contributed by atoms with Gasteiger partial charge in [-0.2, -0.15) is 0 Å². The van der Waals surface area contributed by atoms with Crippen molar-refractivity contribution >= 4 is 0 Å². The Morgan fingerprint density at radius 1 is 0.947 bits per heavy atom. The lowest BCUT2D eigenvalue weighted by Crippen LogP contribution is -2.31. The highest BCUT2D eigenvalue weighted by Gasteiger charge is 2.20. The largest absolute Gasteiger partial charge is 0.491 e. The van der Waals surface area contributed by atoms with Gasteiger partial charge in [0.05, 0.1) is 18.8 Å². The van der Waals surface area contributed by atoms with Crippen molar-refractivity contribution in [3.8, 4) is 5.75 Å². The molecule has 0 spiro atoms. The maximum atomic E-state index is 10.0. The zero-order chi connectivity index (χ0) is 13.3. The Bertz CT molecular complexity index is 339. The molecule has 3 heteroatoms. The predicted octanol–water partition coefficient (Wildman–Crippen LogP) is 3.17. The van der Waals surface area contributed by atoms with E-state index in [1.165, 1.54) is 12.8 Å². The maximum absolute atomic E-state index is 10.0. The summed E-state index contributed by atoms with van der Waals surface area (Å²) in [4.78, 5) is 0. The van der Waals surface area contributed by atoms with E-state index in [0.717, 1.165) is 31.4 Å². The van der Waals surface area contributed by atoms with Crippen LogP contribution in [0, 0.1) is 0 Å². The SMILES string of the molecule is OC1CCCCCCC1OCCOc1ccccc1. The highest BCUT2D eigenvalue weighted by Crippen LogP contribution is 2.20. The van der Waals surface area contributed by atoms with Crippen LogP contribution in [0.4, 0.5) is 0 Å².